The number of nitrogens with zero attached hydrogens (tertiary/aromatic N) is 1. The lowest BCUT2D eigenvalue weighted by atomic mass is 10.2. The quantitative estimate of drug-likeness (QED) is 0.653. The first-order valence-electron chi connectivity index (χ1n) is 8.29. The Morgan fingerprint density at radius 1 is 1.19 bits per heavy atom. The zero-order valence-corrected chi connectivity index (χ0v) is 16.1. The second kappa shape index (κ2) is 7.61. The van der Waals surface area contributed by atoms with E-state index in [0.29, 0.717) is 17.3 Å². The number of aromatic amines is 1. The minimum Gasteiger partial charge on any atom is -0.341 e. The van der Waals surface area contributed by atoms with Crippen LogP contribution in [-0.2, 0) is 10.0 Å². The van der Waals surface area contributed by atoms with Crippen molar-refractivity contribution in [3.8, 4) is 11.3 Å². The molecule has 0 spiro atoms. The van der Waals surface area contributed by atoms with Gasteiger partial charge < -0.3 is 4.98 Å². The average molecular weight is 390 g/mol. The van der Waals surface area contributed by atoms with Gasteiger partial charge in [0.1, 0.15) is 5.82 Å². The molecule has 2 aromatic carbocycles. The SMILES string of the molecule is CCC(NS(=O)(=O)c1ccc(C)c(Cl)c1)c1ncc(-c2ccccc2)[nH]1. The Hall–Kier alpha value is -2.15. The van der Waals surface area contributed by atoms with Gasteiger partial charge in [0.15, 0.2) is 0 Å². The fraction of sp³-hybridized carbons (Fsp3) is 0.211. The number of H-pyrrole nitrogens is 1. The van der Waals surface area contributed by atoms with Gasteiger partial charge >= 0.3 is 0 Å². The number of halogens is 1. The van der Waals surface area contributed by atoms with Crippen molar-refractivity contribution < 1.29 is 8.42 Å². The Bertz CT molecular complexity index is 1000. The molecule has 1 heterocycles. The largest absolute Gasteiger partial charge is 0.341 e. The van der Waals surface area contributed by atoms with Crippen LogP contribution in [0, 0.1) is 6.92 Å². The van der Waals surface area contributed by atoms with Crippen molar-refractivity contribution in [3.05, 3.63) is 71.1 Å². The van der Waals surface area contributed by atoms with Crippen molar-refractivity contribution in [2.75, 3.05) is 0 Å². The Balaban J connectivity index is 1.85. The molecule has 26 heavy (non-hydrogen) atoms. The summed E-state index contributed by atoms with van der Waals surface area (Å²) in [6.07, 6.45) is 2.27. The van der Waals surface area contributed by atoms with Gasteiger partial charge in [-0.05, 0) is 36.6 Å². The highest BCUT2D eigenvalue weighted by atomic mass is 35.5. The molecule has 1 unspecified atom stereocenters. The van der Waals surface area contributed by atoms with Gasteiger partial charge in [-0.3, -0.25) is 0 Å². The first kappa shape index (κ1) is 18.6. The molecule has 0 saturated heterocycles. The number of imidazole rings is 1. The van der Waals surface area contributed by atoms with E-state index in [0.717, 1.165) is 16.8 Å². The molecule has 0 bridgehead atoms. The third-order valence-corrected chi connectivity index (χ3v) is 6.05. The molecule has 3 rings (SSSR count). The van der Waals surface area contributed by atoms with E-state index in [1.807, 2.05) is 44.2 Å². The van der Waals surface area contributed by atoms with Crippen LogP contribution in [0.25, 0.3) is 11.3 Å². The number of hydrogen-bond donors (Lipinski definition) is 2. The maximum atomic E-state index is 12.7. The van der Waals surface area contributed by atoms with E-state index in [4.69, 9.17) is 11.6 Å². The van der Waals surface area contributed by atoms with E-state index in [9.17, 15) is 8.42 Å². The van der Waals surface area contributed by atoms with Crippen molar-refractivity contribution in [3.63, 3.8) is 0 Å². The second-order valence-electron chi connectivity index (χ2n) is 6.04. The molecular formula is C19H20ClN3O2S. The number of aromatic nitrogens is 2. The molecule has 0 saturated carbocycles. The van der Waals surface area contributed by atoms with Crippen molar-refractivity contribution in [1.29, 1.82) is 0 Å². The number of rotatable bonds is 6. The minimum atomic E-state index is -3.71. The molecule has 136 valence electrons. The maximum absolute atomic E-state index is 12.7. The summed E-state index contributed by atoms with van der Waals surface area (Å²) in [6, 6.07) is 14.0. The van der Waals surface area contributed by atoms with Crippen molar-refractivity contribution in [2.45, 2.75) is 31.2 Å². The van der Waals surface area contributed by atoms with Crippen LogP contribution in [0.5, 0.6) is 0 Å². The molecule has 0 aliphatic carbocycles. The summed E-state index contributed by atoms with van der Waals surface area (Å²) in [7, 11) is -3.71. The number of benzene rings is 2. The van der Waals surface area contributed by atoms with E-state index in [2.05, 4.69) is 14.7 Å². The first-order valence-corrected chi connectivity index (χ1v) is 10.2. The monoisotopic (exact) mass is 389 g/mol. The Kier molecular flexibility index (Phi) is 5.46. The van der Waals surface area contributed by atoms with E-state index in [1.54, 1.807) is 18.3 Å². The average Bonchev–Trinajstić information content (AvgIpc) is 3.12. The molecule has 7 heteroatoms. The highest BCUT2D eigenvalue weighted by Gasteiger charge is 2.23. The number of nitrogens with one attached hydrogen (secondary N) is 2. The topological polar surface area (TPSA) is 74.8 Å². The third kappa shape index (κ3) is 3.98. The summed E-state index contributed by atoms with van der Waals surface area (Å²) < 4.78 is 28.1. The Labute approximate surface area is 158 Å². The molecule has 1 atom stereocenters. The normalized spacial score (nSPS) is 12.9. The van der Waals surface area contributed by atoms with E-state index in [-0.39, 0.29) is 4.90 Å². The Morgan fingerprint density at radius 3 is 2.58 bits per heavy atom. The van der Waals surface area contributed by atoms with Gasteiger partial charge in [-0.1, -0.05) is 54.9 Å². The van der Waals surface area contributed by atoms with Gasteiger partial charge in [0.25, 0.3) is 0 Å². The molecule has 1 aromatic heterocycles. The van der Waals surface area contributed by atoms with E-state index < -0.39 is 16.1 Å². The lowest BCUT2D eigenvalue weighted by molar-refractivity contribution is 0.539. The molecule has 0 aliphatic rings. The van der Waals surface area contributed by atoms with Crippen LogP contribution in [0.2, 0.25) is 5.02 Å². The molecule has 3 aromatic rings. The highest BCUT2D eigenvalue weighted by Crippen LogP contribution is 2.24. The zero-order valence-electron chi connectivity index (χ0n) is 14.5. The molecule has 0 amide bonds. The van der Waals surface area contributed by atoms with Crippen LogP contribution < -0.4 is 4.72 Å². The van der Waals surface area contributed by atoms with Gasteiger partial charge in [0.2, 0.25) is 10.0 Å². The van der Waals surface area contributed by atoms with Crippen LogP contribution in [0.4, 0.5) is 0 Å². The predicted molar refractivity (Wildman–Crippen MR) is 104 cm³/mol. The van der Waals surface area contributed by atoms with Gasteiger partial charge in [0, 0.05) is 5.02 Å². The van der Waals surface area contributed by atoms with Crippen molar-refractivity contribution >= 4 is 21.6 Å². The highest BCUT2D eigenvalue weighted by molar-refractivity contribution is 7.89. The van der Waals surface area contributed by atoms with Gasteiger partial charge in [-0.2, -0.15) is 0 Å². The lowest BCUT2D eigenvalue weighted by Gasteiger charge is -2.15. The summed E-state index contributed by atoms with van der Waals surface area (Å²) in [5.74, 6) is 0.577. The number of sulfonamides is 1. The van der Waals surface area contributed by atoms with Crippen LogP contribution in [0.1, 0.15) is 30.8 Å². The van der Waals surface area contributed by atoms with Crippen molar-refractivity contribution in [2.24, 2.45) is 0 Å². The van der Waals surface area contributed by atoms with Crippen LogP contribution in [0.15, 0.2) is 59.6 Å². The minimum absolute atomic E-state index is 0.140. The number of aryl methyl sites for hydroxylation is 1. The van der Waals surface area contributed by atoms with E-state index in [1.165, 1.54) is 6.07 Å². The number of hydrogen-bond acceptors (Lipinski definition) is 3. The maximum Gasteiger partial charge on any atom is 0.241 e. The molecule has 5 nitrogen and oxygen atoms in total. The zero-order chi connectivity index (χ0) is 18.7. The third-order valence-electron chi connectivity index (χ3n) is 4.17. The van der Waals surface area contributed by atoms with Crippen LogP contribution in [0.3, 0.4) is 0 Å². The van der Waals surface area contributed by atoms with Crippen LogP contribution in [-0.4, -0.2) is 18.4 Å². The molecule has 0 radical (unpaired) electrons. The second-order valence-corrected chi connectivity index (χ2v) is 8.16. The molecule has 0 fully saturated rings. The fourth-order valence-electron chi connectivity index (χ4n) is 2.61. The summed E-state index contributed by atoms with van der Waals surface area (Å²) in [4.78, 5) is 7.72. The van der Waals surface area contributed by atoms with Crippen LogP contribution >= 0.6 is 11.6 Å². The van der Waals surface area contributed by atoms with Crippen molar-refractivity contribution in [1.82, 2.24) is 14.7 Å². The standard InChI is InChI=1S/C19H20ClN3O2S/c1-3-17(19-21-12-18(22-19)14-7-5-4-6-8-14)23-26(24,25)15-10-9-13(2)16(20)11-15/h4-12,17,23H,3H2,1-2H3,(H,21,22). The summed E-state index contributed by atoms with van der Waals surface area (Å²) in [5.41, 5.74) is 2.67. The van der Waals surface area contributed by atoms with Gasteiger partial charge in [-0.15, -0.1) is 0 Å². The van der Waals surface area contributed by atoms with E-state index >= 15 is 0 Å². The predicted octanol–water partition coefficient (Wildman–Crippen LogP) is 4.47. The van der Waals surface area contributed by atoms with Gasteiger partial charge in [0.05, 0.1) is 22.8 Å². The smallest absolute Gasteiger partial charge is 0.241 e. The summed E-state index contributed by atoms with van der Waals surface area (Å²) in [5, 5.41) is 0.422. The Morgan fingerprint density at radius 2 is 1.92 bits per heavy atom. The van der Waals surface area contributed by atoms with Gasteiger partial charge in [-0.25, -0.2) is 18.1 Å². The first-order chi connectivity index (χ1) is 12.4. The summed E-state index contributed by atoms with van der Waals surface area (Å²) >= 11 is 6.07. The molecular weight excluding hydrogens is 370 g/mol. The summed E-state index contributed by atoms with van der Waals surface area (Å²) in [6.45, 7) is 3.73. The lowest BCUT2D eigenvalue weighted by Crippen LogP contribution is -2.29. The molecule has 2 N–H and O–H groups in total. The molecule has 0 aliphatic heterocycles. The fourth-order valence-corrected chi connectivity index (χ4v) is 4.16.